The third kappa shape index (κ3) is 7.08. The number of carbonyl (C=O) groups excluding carboxylic acids is 1. The first kappa shape index (κ1) is 29.7. The molecule has 2 atom stereocenters. The number of Topliss-reactive ketones (excluding diaryl/α,β-unsaturated/α-hetero) is 1. The van der Waals surface area contributed by atoms with E-state index in [0.717, 1.165) is 79.8 Å². The van der Waals surface area contributed by atoms with Crippen molar-refractivity contribution in [2.45, 2.75) is 84.1 Å². The second-order valence-corrected chi connectivity index (χ2v) is 13.8. The quantitative estimate of drug-likeness (QED) is 0.305. The number of nitrogens with zero attached hydrogens (tertiary/aromatic N) is 1. The molecular weight excluding hydrogens is 534 g/mol. The predicted molar refractivity (Wildman–Crippen MR) is 172 cm³/mol. The second-order valence-electron chi connectivity index (χ2n) is 13.8. The summed E-state index contributed by atoms with van der Waals surface area (Å²) in [5, 5.41) is 3.72. The Labute approximate surface area is 255 Å². The van der Waals surface area contributed by atoms with E-state index in [9.17, 15) is 9.59 Å². The van der Waals surface area contributed by atoms with Crippen LogP contribution >= 0.6 is 0 Å². The molecule has 6 nitrogen and oxygen atoms in total. The second kappa shape index (κ2) is 12.7. The Morgan fingerprint density at radius 3 is 2.53 bits per heavy atom. The van der Waals surface area contributed by atoms with Crippen LogP contribution in [0.4, 0.5) is 0 Å². The summed E-state index contributed by atoms with van der Waals surface area (Å²) in [5.41, 5.74) is 9.08. The van der Waals surface area contributed by atoms with Gasteiger partial charge in [0.2, 0.25) is 5.56 Å². The van der Waals surface area contributed by atoms with Crippen LogP contribution in [0.25, 0.3) is 17.2 Å². The molecule has 3 aromatic rings. The van der Waals surface area contributed by atoms with E-state index in [1.165, 1.54) is 23.2 Å². The van der Waals surface area contributed by atoms with Gasteiger partial charge >= 0.3 is 0 Å². The van der Waals surface area contributed by atoms with E-state index in [2.05, 4.69) is 67.5 Å². The first-order valence-electron chi connectivity index (χ1n) is 16.1. The lowest BCUT2D eigenvalue weighted by Gasteiger charge is -2.34. The molecule has 6 heteroatoms. The molecule has 1 aromatic carbocycles. The first-order chi connectivity index (χ1) is 20.7. The average Bonchev–Trinajstić information content (AvgIpc) is 3.43. The average molecular weight is 580 g/mol. The Kier molecular flexibility index (Phi) is 8.78. The van der Waals surface area contributed by atoms with Gasteiger partial charge in [0.05, 0.1) is 5.69 Å². The molecule has 0 radical (unpaired) electrons. The van der Waals surface area contributed by atoms with E-state index in [1.54, 1.807) is 12.3 Å². The number of ether oxygens (including phenoxy) is 1. The van der Waals surface area contributed by atoms with Gasteiger partial charge in [-0.2, -0.15) is 0 Å². The summed E-state index contributed by atoms with van der Waals surface area (Å²) >= 11 is 0. The molecule has 2 N–H and O–H groups in total. The number of fused-ring (bicyclic) bond motifs is 2. The van der Waals surface area contributed by atoms with Gasteiger partial charge in [-0.25, -0.2) is 0 Å². The molecule has 43 heavy (non-hydrogen) atoms. The van der Waals surface area contributed by atoms with Gasteiger partial charge in [-0.1, -0.05) is 45.0 Å². The van der Waals surface area contributed by atoms with Crippen LogP contribution in [0.5, 0.6) is 0 Å². The number of hydrogen-bond donors (Lipinski definition) is 2. The number of allylic oxidation sites excluding steroid dienone is 1. The number of carbonyl (C=O) groups is 1. The van der Waals surface area contributed by atoms with Crippen LogP contribution in [0.2, 0.25) is 0 Å². The van der Waals surface area contributed by atoms with Crippen molar-refractivity contribution < 1.29 is 9.53 Å². The van der Waals surface area contributed by atoms with E-state index < -0.39 is 0 Å². The molecule has 2 aliphatic carbocycles. The number of aromatic amines is 1. The minimum absolute atomic E-state index is 0.108. The third-order valence-electron chi connectivity index (χ3n) is 9.85. The fraction of sp³-hybridized carbons (Fsp3) is 0.486. The van der Waals surface area contributed by atoms with Crippen molar-refractivity contribution in [1.82, 2.24) is 15.3 Å². The summed E-state index contributed by atoms with van der Waals surface area (Å²) in [6.07, 6.45) is 11.2. The van der Waals surface area contributed by atoms with Crippen LogP contribution in [0.1, 0.15) is 86.9 Å². The minimum Gasteiger partial charge on any atom is -0.381 e. The summed E-state index contributed by atoms with van der Waals surface area (Å²) < 4.78 is 5.52. The molecule has 0 bridgehead atoms. The highest BCUT2D eigenvalue weighted by atomic mass is 16.5. The lowest BCUT2D eigenvalue weighted by Crippen LogP contribution is -2.35. The first-order valence-corrected chi connectivity index (χ1v) is 16.1. The van der Waals surface area contributed by atoms with E-state index in [1.807, 2.05) is 6.07 Å². The number of aromatic nitrogens is 2. The fourth-order valence-electron chi connectivity index (χ4n) is 6.97. The van der Waals surface area contributed by atoms with Gasteiger partial charge in [0.1, 0.15) is 0 Å². The van der Waals surface area contributed by atoms with Crippen LogP contribution in [0.3, 0.4) is 0 Å². The van der Waals surface area contributed by atoms with E-state index in [-0.39, 0.29) is 17.3 Å². The normalized spacial score (nSPS) is 19.4. The molecule has 226 valence electrons. The minimum atomic E-state index is -0.108. The zero-order valence-electron chi connectivity index (χ0n) is 25.9. The van der Waals surface area contributed by atoms with Crippen molar-refractivity contribution in [2.24, 2.45) is 11.3 Å². The number of hydrogen-bond acceptors (Lipinski definition) is 5. The van der Waals surface area contributed by atoms with Crippen molar-refractivity contribution in [2.75, 3.05) is 19.8 Å². The van der Waals surface area contributed by atoms with Crippen molar-refractivity contribution in [3.05, 3.63) is 92.7 Å². The molecule has 3 aliphatic rings. The standard InChI is InChI=1S/C37H45N3O3/c1-37(2,3)31-9-10-33-29(20-31)18-28-19-30(21-34(28)40-33)35(41)22-26(12-15-38-32-13-16-43-17-14-32)24-4-6-25(7-5-24)27-8-11-36(42)39-23-27/h4-8,11,18-19,23,26,31-32,38H,9-10,12-17,20-22H2,1-3H3,(H,39,42)/t26-,31-/m0/s1. The molecule has 6 rings (SSSR count). The van der Waals surface area contributed by atoms with E-state index >= 15 is 0 Å². The highest BCUT2D eigenvalue weighted by Crippen LogP contribution is 2.39. The topological polar surface area (TPSA) is 84.1 Å². The summed E-state index contributed by atoms with van der Waals surface area (Å²) in [5.74, 6) is 1.00. The highest BCUT2D eigenvalue weighted by molar-refractivity contribution is 6.02. The van der Waals surface area contributed by atoms with Crippen LogP contribution < -0.4 is 10.9 Å². The number of pyridine rings is 2. The molecule has 2 aromatic heterocycles. The summed E-state index contributed by atoms with van der Waals surface area (Å²) in [6.45, 7) is 9.52. The van der Waals surface area contributed by atoms with Gasteiger partial charge in [0, 0.05) is 55.6 Å². The Morgan fingerprint density at radius 1 is 1.05 bits per heavy atom. The van der Waals surface area contributed by atoms with E-state index in [0.29, 0.717) is 30.2 Å². The number of nitrogens with one attached hydrogen (secondary N) is 2. The van der Waals surface area contributed by atoms with Crippen LogP contribution in [-0.2, 0) is 28.8 Å². The fourth-order valence-corrected chi connectivity index (χ4v) is 6.97. The molecule has 1 saturated heterocycles. The van der Waals surface area contributed by atoms with Crippen molar-refractivity contribution >= 4 is 11.9 Å². The number of benzene rings is 1. The van der Waals surface area contributed by atoms with E-state index in [4.69, 9.17) is 9.72 Å². The number of H-pyrrole nitrogens is 1. The van der Waals surface area contributed by atoms with Crippen molar-refractivity contribution in [3.63, 3.8) is 0 Å². The van der Waals surface area contributed by atoms with Gasteiger partial charge in [-0.15, -0.1) is 0 Å². The van der Waals surface area contributed by atoms with Crippen LogP contribution in [-0.4, -0.2) is 41.6 Å². The number of rotatable bonds is 9. The zero-order chi connectivity index (χ0) is 30.0. The van der Waals surface area contributed by atoms with Crippen molar-refractivity contribution in [1.29, 1.82) is 0 Å². The molecule has 0 unspecified atom stereocenters. The lowest BCUT2D eigenvalue weighted by atomic mass is 9.71. The van der Waals surface area contributed by atoms with Gasteiger partial charge < -0.3 is 15.0 Å². The molecule has 0 saturated carbocycles. The lowest BCUT2D eigenvalue weighted by molar-refractivity contribution is -0.116. The maximum absolute atomic E-state index is 13.8. The monoisotopic (exact) mass is 579 g/mol. The Balaban J connectivity index is 1.17. The number of aryl methyl sites for hydroxylation is 1. The van der Waals surface area contributed by atoms with Gasteiger partial charge in [0.25, 0.3) is 0 Å². The molecule has 3 heterocycles. The van der Waals surface area contributed by atoms with Crippen LogP contribution in [0.15, 0.2) is 59.0 Å². The zero-order valence-corrected chi connectivity index (χ0v) is 25.9. The van der Waals surface area contributed by atoms with Crippen LogP contribution in [0, 0.1) is 11.3 Å². The predicted octanol–water partition coefficient (Wildman–Crippen LogP) is 6.43. The Morgan fingerprint density at radius 2 is 1.81 bits per heavy atom. The molecule has 1 fully saturated rings. The summed E-state index contributed by atoms with van der Waals surface area (Å²) in [6, 6.07) is 14.7. The number of ketones is 1. The Hall–Kier alpha value is -3.35. The molecular formula is C37H45N3O3. The van der Waals surface area contributed by atoms with Gasteiger partial charge in [-0.05, 0) is 108 Å². The van der Waals surface area contributed by atoms with Gasteiger partial charge in [0.15, 0.2) is 5.78 Å². The smallest absolute Gasteiger partial charge is 0.247 e. The molecule has 0 amide bonds. The maximum atomic E-state index is 13.8. The third-order valence-corrected chi connectivity index (χ3v) is 9.85. The SMILES string of the molecule is CC(C)(C)[C@H]1CCc2nc3c(cc2C1)C=C(C(=O)C[C@H](CCNC1CCOCC1)c1ccc(-c2ccc(=O)[nH]c2)cc1)C3. The molecule has 0 spiro atoms. The molecule has 1 aliphatic heterocycles. The Bertz CT molecular complexity index is 1520. The van der Waals surface area contributed by atoms with Crippen molar-refractivity contribution in [3.8, 4) is 11.1 Å². The highest BCUT2D eigenvalue weighted by Gasteiger charge is 2.31. The maximum Gasteiger partial charge on any atom is 0.247 e. The summed E-state index contributed by atoms with van der Waals surface area (Å²) in [7, 11) is 0. The van der Waals surface area contributed by atoms with Gasteiger partial charge in [-0.3, -0.25) is 14.6 Å². The largest absolute Gasteiger partial charge is 0.381 e. The summed E-state index contributed by atoms with van der Waals surface area (Å²) in [4.78, 5) is 33.2.